The van der Waals surface area contributed by atoms with Crippen LogP contribution < -0.4 is 4.74 Å². The molecule has 0 bridgehead atoms. The van der Waals surface area contributed by atoms with Gasteiger partial charge in [-0.25, -0.2) is 0 Å². The van der Waals surface area contributed by atoms with Crippen LogP contribution in [0.15, 0.2) is 30.1 Å². The van der Waals surface area contributed by atoms with E-state index < -0.39 is 11.2 Å². The maximum absolute atomic E-state index is 12.9. The smallest absolute Gasteiger partial charge is 0.228 e. The molecule has 4 rings (SSSR count). The predicted molar refractivity (Wildman–Crippen MR) is 123 cm³/mol. The van der Waals surface area contributed by atoms with Crippen molar-refractivity contribution in [1.29, 1.82) is 0 Å². The van der Waals surface area contributed by atoms with Crippen molar-refractivity contribution in [2.24, 2.45) is 11.3 Å². The Morgan fingerprint density at radius 3 is 2.62 bits per heavy atom. The van der Waals surface area contributed by atoms with Gasteiger partial charge < -0.3 is 14.6 Å². The Hall–Kier alpha value is -2.56. The molecule has 0 aromatic heterocycles. The van der Waals surface area contributed by atoms with Crippen LogP contribution in [0, 0.1) is 11.3 Å². The van der Waals surface area contributed by atoms with E-state index in [0.29, 0.717) is 17.2 Å². The minimum absolute atomic E-state index is 0.0115. The third-order valence-corrected chi connectivity index (χ3v) is 8.08. The quantitative estimate of drug-likeness (QED) is 0.580. The summed E-state index contributed by atoms with van der Waals surface area (Å²) in [5, 5.41) is 11.1. The van der Waals surface area contributed by atoms with Crippen LogP contribution >= 0.6 is 0 Å². The van der Waals surface area contributed by atoms with Gasteiger partial charge >= 0.3 is 0 Å². The number of phenolic OH excluding ortho intramolecular Hbond substituents is 1. The molecule has 0 amide bonds. The molecular formula is C27H34O5. The number of phenols is 1. The first-order valence-electron chi connectivity index (χ1n) is 11.6. The number of rotatable bonds is 5. The van der Waals surface area contributed by atoms with Crippen molar-refractivity contribution in [3.63, 3.8) is 0 Å². The number of hydrogen-bond acceptors (Lipinski definition) is 5. The fraction of sp³-hybridized carbons (Fsp3) is 0.556. The van der Waals surface area contributed by atoms with E-state index >= 15 is 0 Å². The minimum Gasteiger partial charge on any atom is -0.507 e. The average molecular weight is 439 g/mol. The molecule has 1 unspecified atom stereocenters. The van der Waals surface area contributed by atoms with Crippen molar-refractivity contribution >= 4 is 11.6 Å². The summed E-state index contributed by atoms with van der Waals surface area (Å²) in [6, 6.07) is 1.42. The molecule has 3 atom stereocenters. The first-order chi connectivity index (χ1) is 15.0. The van der Waals surface area contributed by atoms with E-state index in [2.05, 4.69) is 34.3 Å². The summed E-state index contributed by atoms with van der Waals surface area (Å²) in [7, 11) is 1.36. The summed E-state index contributed by atoms with van der Waals surface area (Å²) in [4.78, 5) is 25.7. The van der Waals surface area contributed by atoms with Crippen molar-refractivity contribution in [2.75, 3.05) is 7.11 Å². The second-order valence-electron chi connectivity index (χ2n) is 10.5. The number of ketones is 2. The van der Waals surface area contributed by atoms with Gasteiger partial charge in [0.05, 0.1) is 12.7 Å². The zero-order valence-electron chi connectivity index (χ0n) is 19.8. The molecule has 172 valence electrons. The summed E-state index contributed by atoms with van der Waals surface area (Å²) in [6.07, 6.45) is 6.94. The topological polar surface area (TPSA) is 72.8 Å². The van der Waals surface area contributed by atoms with E-state index in [4.69, 9.17) is 9.47 Å². The molecular weight excluding hydrogens is 404 g/mol. The van der Waals surface area contributed by atoms with Crippen molar-refractivity contribution in [3.8, 4) is 11.5 Å². The lowest BCUT2D eigenvalue weighted by atomic mass is 9.62. The van der Waals surface area contributed by atoms with Gasteiger partial charge in [-0.05, 0) is 55.9 Å². The summed E-state index contributed by atoms with van der Waals surface area (Å²) in [5.41, 5.74) is 2.07. The van der Waals surface area contributed by atoms with Crippen LogP contribution in [0.25, 0.3) is 0 Å². The number of methoxy groups -OCH3 is 1. The number of fused-ring (bicyclic) bond motifs is 3. The zero-order chi connectivity index (χ0) is 23.4. The first kappa shape index (κ1) is 22.6. The molecule has 1 fully saturated rings. The van der Waals surface area contributed by atoms with Crippen LogP contribution in [-0.2, 0) is 10.2 Å². The molecule has 0 spiro atoms. The molecule has 0 saturated heterocycles. The van der Waals surface area contributed by atoms with Gasteiger partial charge in [0.25, 0.3) is 0 Å². The van der Waals surface area contributed by atoms with E-state index in [1.807, 2.05) is 0 Å². The number of carbonyl (C=O) groups excluding carboxylic acids is 2. The van der Waals surface area contributed by atoms with Gasteiger partial charge in [-0.3, -0.25) is 9.59 Å². The summed E-state index contributed by atoms with van der Waals surface area (Å²) in [5.74, 6) is 0.0232. The third kappa shape index (κ3) is 3.28. The van der Waals surface area contributed by atoms with Crippen LogP contribution in [0.3, 0.4) is 0 Å². The lowest BCUT2D eigenvalue weighted by Gasteiger charge is -2.42. The molecule has 1 heterocycles. The molecule has 5 nitrogen and oxygen atoms in total. The standard InChI is InChI=1S/C27H34O5/c1-7-21-27(5,12-10-17-15(2)9-8-11-26(17,3)4)23-19(29)13-16-22(25(23)32-21)18(28)14-20(31-6)24(16)30/h13-14,17,21,29H,2,7-12H2,1,3-6H3/t17?,21-,27+/m1/s1. The SMILES string of the molecule is C=C1CCCC(C)(C)C1CC[C@]1(C)c2c(O)cc3c(c2O[C@@H]1CC)C(=O)C=C(OC)C3=O. The van der Waals surface area contributed by atoms with Crippen molar-refractivity contribution in [1.82, 2.24) is 0 Å². The van der Waals surface area contributed by atoms with Gasteiger partial charge in [-0.1, -0.05) is 39.8 Å². The van der Waals surface area contributed by atoms with Gasteiger partial charge in [-0.15, -0.1) is 0 Å². The average Bonchev–Trinajstić information content (AvgIpc) is 3.02. The maximum Gasteiger partial charge on any atom is 0.228 e. The van der Waals surface area contributed by atoms with Crippen LogP contribution in [0.5, 0.6) is 11.5 Å². The Labute approximate surface area is 190 Å². The Balaban J connectivity index is 1.76. The summed E-state index contributed by atoms with van der Waals surface area (Å²) in [6.45, 7) is 13.2. The number of benzene rings is 1. The Kier molecular flexibility index (Phi) is 5.51. The van der Waals surface area contributed by atoms with E-state index in [1.165, 1.54) is 37.7 Å². The fourth-order valence-electron chi connectivity index (χ4n) is 6.24. The second-order valence-corrected chi connectivity index (χ2v) is 10.5. The summed E-state index contributed by atoms with van der Waals surface area (Å²) >= 11 is 0. The van der Waals surface area contributed by atoms with Crippen molar-refractivity contribution in [3.05, 3.63) is 46.7 Å². The highest BCUT2D eigenvalue weighted by Crippen LogP contribution is 2.56. The Morgan fingerprint density at radius 1 is 1.28 bits per heavy atom. The van der Waals surface area contributed by atoms with Gasteiger partial charge in [-0.2, -0.15) is 0 Å². The zero-order valence-corrected chi connectivity index (χ0v) is 19.8. The normalized spacial score (nSPS) is 28.7. The van der Waals surface area contributed by atoms with Gasteiger partial charge in [0.1, 0.15) is 17.6 Å². The molecule has 1 saturated carbocycles. The predicted octanol–water partition coefficient (Wildman–Crippen LogP) is 5.89. The summed E-state index contributed by atoms with van der Waals surface area (Å²) < 4.78 is 11.4. The Bertz CT molecular complexity index is 1030. The third-order valence-electron chi connectivity index (χ3n) is 8.08. The molecule has 32 heavy (non-hydrogen) atoms. The molecule has 2 aliphatic carbocycles. The molecule has 0 radical (unpaired) electrons. The van der Waals surface area contributed by atoms with E-state index in [9.17, 15) is 14.7 Å². The fourth-order valence-corrected chi connectivity index (χ4v) is 6.24. The lowest BCUT2D eigenvalue weighted by Crippen LogP contribution is -2.37. The molecule has 3 aliphatic rings. The number of carbonyl (C=O) groups is 2. The minimum atomic E-state index is -0.467. The molecule has 1 aromatic carbocycles. The van der Waals surface area contributed by atoms with Gasteiger partial charge in [0.15, 0.2) is 11.5 Å². The Morgan fingerprint density at radius 2 is 2.00 bits per heavy atom. The molecule has 1 aliphatic heterocycles. The number of hydrogen-bond donors (Lipinski definition) is 1. The van der Waals surface area contributed by atoms with Crippen LogP contribution in [0.4, 0.5) is 0 Å². The number of allylic oxidation sites excluding steroid dienone is 3. The van der Waals surface area contributed by atoms with Gasteiger partial charge in [0.2, 0.25) is 5.78 Å². The van der Waals surface area contributed by atoms with Crippen molar-refractivity contribution in [2.45, 2.75) is 77.7 Å². The molecule has 1 aromatic rings. The molecule has 1 N–H and O–H groups in total. The van der Waals surface area contributed by atoms with E-state index in [1.54, 1.807) is 0 Å². The van der Waals surface area contributed by atoms with Gasteiger partial charge in [0, 0.05) is 22.6 Å². The number of ether oxygens (including phenoxy) is 2. The number of Topliss-reactive ketones (excluding diaryl/α,β-unsaturated/α-hetero) is 1. The van der Waals surface area contributed by atoms with Crippen LogP contribution in [-0.4, -0.2) is 29.9 Å². The van der Waals surface area contributed by atoms with Crippen molar-refractivity contribution < 1.29 is 24.2 Å². The highest BCUT2D eigenvalue weighted by atomic mass is 16.5. The monoisotopic (exact) mass is 438 g/mol. The largest absolute Gasteiger partial charge is 0.507 e. The number of aromatic hydroxyl groups is 1. The maximum atomic E-state index is 12.9. The second kappa shape index (κ2) is 7.79. The highest BCUT2D eigenvalue weighted by Gasteiger charge is 2.50. The first-order valence-corrected chi connectivity index (χ1v) is 11.6. The van der Waals surface area contributed by atoms with E-state index in [-0.39, 0.29) is 39.9 Å². The van der Waals surface area contributed by atoms with E-state index in [0.717, 1.165) is 25.7 Å². The van der Waals surface area contributed by atoms with Crippen LogP contribution in [0.1, 0.15) is 92.5 Å². The molecule has 5 heteroatoms. The lowest BCUT2D eigenvalue weighted by molar-refractivity contribution is 0.0910. The van der Waals surface area contributed by atoms with Crippen LogP contribution in [0.2, 0.25) is 0 Å². The highest BCUT2D eigenvalue weighted by molar-refractivity contribution is 6.25.